The third-order valence-corrected chi connectivity index (χ3v) is 3.91. The minimum atomic E-state index is -0.322. The molecule has 2 N–H and O–H groups in total. The number of hydrogen-bond donors (Lipinski definition) is 2. The van der Waals surface area contributed by atoms with Crippen molar-refractivity contribution in [2.24, 2.45) is 5.10 Å². The molecule has 0 fully saturated rings. The topological polar surface area (TPSA) is 101 Å². The van der Waals surface area contributed by atoms with Gasteiger partial charge in [0.2, 0.25) is 5.95 Å². The molecule has 25 heavy (non-hydrogen) atoms. The van der Waals surface area contributed by atoms with E-state index in [0.29, 0.717) is 17.3 Å². The summed E-state index contributed by atoms with van der Waals surface area (Å²) < 4.78 is 1.71. The third kappa shape index (κ3) is 3.92. The quantitative estimate of drug-likeness (QED) is 0.538. The fourth-order valence-electron chi connectivity index (χ4n) is 2.18. The van der Waals surface area contributed by atoms with Crippen molar-refractivity contribution in [1.29, 1.82) is 0 Å². The van der Waals surface area contributed by atoms with Crippen LogP contribution >= 0.6 is 11.6 Å². The van der Waals surface area contributed by atoms with Crippen molar-refractivity contribution in [3.63, 3.8) is 0 Å². The summed E-state index contributed by atoms with van der Waals surface area (Å²) in [7, 11) is 0. The van der Waals surface area contributed by atoms with E-state index in [1.165, 1.54) is 6.21 Å². The molecular weight excluding hydrogens is 342 g/mol. The van der Waals surface area contributed by atoms with Gasteiger partial charge in [-0.1, -0.05) is 41.9 Å². The Balaban J connectivity index is 1.76. The van der Waals surface area contributed by atoms with E-state index >= 15 is 0 Å². The van der Waals surface area contributed by atoms with Gasteiger partial charge in [-0.2, -0.15) is 10.2 Å². The van der Waals surface area contributed by atoms with E-state index in [-0.39, 0.29) is 17.2 Å². The van der Waals surface area contributed by atoms with Crippen LogP contribution in [0, 0.1) is 13.8 Å². The van der Waals surface area contributed by atoms with E-state index in [9.17, 15) is 4.79 Å². The first-order valence-corrected chi connectivity index (χ1v) is 7.92. The van der Waals surface area contributed by atoms with Crippen molar-refractivity contribution in [1.82, 2.24) is 25.0 Å². The van der Waals surface area contributed by atoms with Crippen LogP contribution in [-0.4, -0.2) is 31.2 Å². The Morgan fingerprint density at radius 1 is 1.24 bits per heavy atom. The zero-order valence-corrected chi connectivity index (χ0v) is 14.4. The standard InChI is InChI=1S/C16H16ClN7O/c1-10-13(8-18-21-16-19-15(25)11(2)20-22-16)14(17)24(23-10)9-12-6-4-3-5-7-12/h3-8H,9H2,1-2H3,(H2,19,21,22,25)/b18-8+. The number of hydrazone groups is 1. The number of H-pyrrole nitrogens is 1. The summed E-state index contributed by atoms with van der Waals surface area (Å²) in [6.45, 7) is 3.99. The Morgan fingerprint density at radius 3 is 2.72 bits per heavy atom. The number of halogens is 1. The lowest BCUT2D eigenvalue weighted by Crippen LogP contribution is -2.15. The maximum absolute atomic E-state index is 11.5. The average molecular weight is 358 g/mol. The predicted molar refractivity (Wildman–Crippen MR) is 96.1 cm³/mol. The lowest BCUT2D eigenvalue weighted by Gasteiger charge is -2.03. The summed E-state index contributed by atoms with van der Waals surface area (Å²) in [6, 6.07) is 9.91. The van der Waals surface area contributed by atoms with Gasteiger partial charge < -0.3 is 0 Å². The van der Waals surface area contributed by atoms with Crippen LogP contribution in [0.25, 0.3) is 0 Å². The maximum atomic E-state index is 11.5. The Hall–Kier alpha value is -3.00. The van der Waals surface area contributed by atoms with Crippen molar-refractivity contribution >= 4 is 23.8 Å². The largest absolute Gasteiger partial charge is 0.288 e. The number of nitrogens with zero attached hydrogens (tertiary/aromatic N) is 5. The second-order valence-corrected chi connectivity index (χ2v) is 5.75. The van der Waals surface area contributed by atoms with Crippen molar-refractivity contribution in [2.45, 2.75) is 20.4 Å². The molecule has 2 aromatic heterocycles. The lowest BCUT2D eigenvalue weighted by atomic mass is 10.2. The number of aromatic amines is 1. The van der Waals surface area contributed by atoms with Gasteiger partial charge in [-0.15, -0.1) is 10.2 Å². The van der Waals surface area contributed by atoms with Crippen molar-refractivity contribution in [2.75, 3.05) is 5.43 Å². The van der Waals surface area contributed by atoms with Gasteiger partial charge in [0.25, 0.3) is 5.56 Å². The summed E-state index contributed by atoms with van der Waals surface area (Å²) in [5.41, 5.74) is 5.12. The molecule has 3 rings (SSSR count). The van der Waals surface area contributed by atoms with Crippen molar-refractivity contribution < 1.29 is 0 Å². The number of aromatic nitrogens is 5. The number of anilines is 1. The van der Waals surface area contributed by atoms with E-state index in [0.717, 1.165) is 11.3 Å². The van der Waals surface area contributed by atoms with Gasteiger partial charge in [-0.25, -0.2) is 10.1 Å². The summed E-state index contributed by atoms with van der Waals surface area (Å²) in [5, 5.41) is 16.5. The van der Waals surface area contributed by atoms with E-state index in [1.54, 1.807) is 11.6 Å². The highest BCUT2D eigenvalue weighted by atomic mass is 35.5. The molecule has 9 heteroatoms. The van der Waals surface area contributed by atoms with Crippen molar-refractivity contribution in [3.8, 4) is 0 Å². The van der Waals surface area contributed by atoms with Gasteiger partial charge in [-0.05, 0) is 19.4 Å². The average Bonchev–Trinajstić information content (AvgIpc) is 2.86. The van der Waals surface area contributed by atoms with E-state index in [1.807, 2.05) is 37.3 Å². The van der Waals surface area contributed by atoms with Crippen LogP contribution in [0.4, 0.5) is 5.95 Å². The minimum Gasteiger partial charge on any atom is -0.288 e. The highest BCUT2D eigenvalue weighted by Gasteiger charge is 2.12. The molecule has 0 bridgehead atoms. The smallest absolute Gasteiger partial charge is 0.274 e. The molecule has 0 radical (unpaired) electrons. The normalized spacial score (nSPS) is 11.2. The summed E-state index contributed by atoms with van der Waals surface area (Å²) in [5.74, 6) is 0.150. The van der Waals surface area contributed by atoms with Gasteiger partial charge in [0.15, 0.2) is 0 Å². The Kier molecular flexibility index (Phi) is 4.90. The molecule has 0 saturated heterocycles. The summed E-state index contributed by atoms with van der Waals surface area (Å²) in [6.07, 6.45) is 1.53. The first-order valence-electron chi connectivity index (χ1n) is 7.54. The molecule has 0 aliphatic heterocycles. The molecule has 0 unspecified atom stereocenters. The van der Waals surface area contributed by atoms with Crippen LogP contribution in [0.15, 0.2) is 40.2 Å². The molecule has 1 aromatic carbocycles. The van der Waals surface area contributed by atoms with Crippen LogP contribution in [-0.2, 0) is 6.54 Å². The van der Waals surface area contributed by atoms with E-state index < -0.39 is 0 Å². The van der Waals surface area contributed by atoms with Gasteiger partial charge in [-0.3, -0.25) is 9.78 Å². The minimum absolute atomic E-state index is 0.150. The Bertz CT molecular complexity index is 962. The number of benzene rings is 1. The van der Waals surface area contributed by atoms with Crippen LogP contribution in [0.2, 0.25) is 5.15 Å². The van der Waals surface area contributed by atoms with Crippen LogP contribution in [0.3, 0.4) is 0 Å². The lowest BCUT2D eigenvalue weighted by molar-refractivity contribution is 0.680. The van der Waals surface area contributed by atoms with Gasteiger partial charge in [0.1, 0.15) is 10.8 Å². The predicted octanol–water partition coefficient (Wildman–Crippen LogP) is 2.13. The van der Waals surface area contributed by atoms with E-state index in [2.05, 4.69) is 30.8 Å². The molecule has 8 nitrogen and oxygen atoms in total. The fraction of sp³-hybridized carbons (Fsp3) is 0.188. The number of nitrogens with one attached hydrogen (secondary N) is 2. The van der Waals surface area contributed by atoms with E-state index in [4.69, 9.17) is 11.6 Å². The molecule has 0 amide bonds. The summed E-state index contributed by atoms with van der Waals surface area (Å²) >= 11 is 6.40. The maximum Gasteiger partial charge on any atom is 0.274 e. The molecule has 0 aliphatic carbocycles. The zero-order valence-electron chi connectivity index (χ0n) is 13.7. The molecule has 3 aromatic rings. The SMILES string of the molecule is Cc1nn(Cc2ccccc2)c(Cl)c1/C=N/Nc1nnc(C)c(=O)[nH]1. The highest BCUT2D eigenvalue weighted by Crippen LogP contribution is 2.19. The first kappa shape index (κ1) is 16.8. The second-order valence-electron chi connectivity index (χ2n) is 5.39. The number of aryl methyl sites for hydroxylation is 2. The Morgan fingerprint density at radius 2 is 2.00 bits per heavy atom. The third-order valence-electron chi connectivity index (χ3n) is 3.51. The Labute approximate surface area is 148 Å². The molecule has 0 aliphatic rings. The first-order chi connectivity index (χ1) is 12.0. The molecule has 0 atom stereocenters. The molecule has 2 heterocycles. The summed E-state index contributed by atoms with van der Waals surface area (Å²) in [4.78, 5) is 14.0. The van der Waals surface area contributed by atoms with Crippen LogP contribution in [0.1, 0.15) is 22.5 Å². The molecule has 0 saturated carbocycles. The number of hydrogen-bond acceptors (Lipinski definition) is 6. The molecule has 128 valence electrons. The van der Waals surface area contributed by atoms with Crippen LogP contribution < -0.4 is 11.0 Å². The monoisotopic (exact) mass is 357 g/mol. The molecule has 0 spiro atoms. The van der Waals surface area contributed by atoms with Gasteiger partial charge in [0.05, 0.1) is 24.0 Å². The van der Waals surface area contributed by atoms with Gasteiger partial charge in [0, 0.05) is 0 Å². The van der Waals surface area contributed by atoms with Gasteiger partial charge >= 0.3 is 0 Å². The van der Waals surface area contributed by atoms with Crippen LogP contribution in [0.5, 0.6) is 0 Å². The fourth-order valence-corrected chi connectivity index (χ4v) is 2.46. The molecular formula is C16H16ClN7O. The second kappa shape index (κ2) is 7.27. The zero-order chi connectivity index (χ0) is 17.8. The number of rotatable bonds is 5. The highest BCUT2D eigenvalue weighted by molar-refractivity contribution is 6.32. The van der Waals surface area contributed by atoms with Crippen molar-refractivity contribution in [3.05, 3.63) is 68.4 Å².